The van der Waals surface area contributed by atoms with Crippen LogP contribution in [0.1, 0.15) is 0 Å². The van der Waals surface area contributed by atoms with Crippen molar-refractivity contribution in [1.82, 2.24) is 4.98 Å². The van der Waals surface area contributed by atoms with Crippen LogP contribution in [0.25, 0.3) is 0 Å². The first-order chi connectivity index (χ1) is 4.77. The van der Waals surface area contributed by atoms with Gasteiger partial charge < -0.3 is 10.1 Å². The van der Waals surface area contributed by atoms with E-state index in [1.165, 1.54) is 0 Å². The van der Waals surface area contributed by atoms with Crippen molar-refractivity contribution in [2.75, 3.05) is 5.88 Å². The van der Waals surface area contributed by atoms with Gasteiger partial charge in [-0.3, -0.25) is 4.79 Å². The molecule has 1 aromatic heterocycles. The van der Waals surface area contributed by atoms with Gasteiger partial charge in [-0.05, 0) is 12.1 Å². The maximum Gasteiger partial charge on any atom is 0.318 e. The monoisotopic (exact) mass is 161 g/mol. The van der Waals surface area contributed by atoms with E-state index in [4.69, 9.17) is 16.7 Å². The number of aromatic nitrogens is 1. The first-order valence-electron chi connectivity index (χ1n) is 2.63. The van der Waals surface area contributed by atoms with E-state index in [2.05, 4.69) is 4.98 Å². The SMILES string of the molecule is O=C(O)CCl.c1cc[nH]c1. The van der Waals surface area contributed by atoms with Gasteiger partial charge in [0.05, 0.1) is 0 Å². The number of aromatic amines is 1. The van der Waals surface area contributed by atoms with Gasteiger partial charge >= 0.3 is 5.97 Å². The van der Waals surface area contributed by atoms with E-state index in [9.17, 15) is 4.79 Å². The van der Waals surface area contributed by atoms with Crippen molar-refractivity contribution >= 4 is 17.6 Å². The van der Waals surface area contributed by atoms with Gasteiger partial charge in [0.2, 0.25) is 0 Å². The molecule has 0 fully saturated rings. The number of alkyl halides is 1. The molecule has 0 amide bonds. The molecule has 1 rings (SSSR count). The maximum absolute atomic E-state index is 9.24. The Morgan fingerprint density at radius 2 is 1.90 bits per heavy atom. The van der Waals surface area contributed by atoms with Gasteiger partial charge in [0.25, 0.3) is 0 Å². The van der Waals surface area contributed by atoms with Crippen LogP contribution in [0.5, 0.6) is 0 Å². The molecule has 0 unspecified atom stereocenters. The molecule has 3 nitrogen and oxygen atoms in total. The predicted molar refractivity (Wildman–Crippen MR) is 39.1 cm³/mol. The number of aliphatic carboxylic acids is 1. The smallest absolute Gasteiger partial charge is 0.318 e. The Morgan fingerprint density at radius 1 is 1.50 bits per heavy atom. The van der Waals surface area contributed by atoms with Crippen LogP contribution in [0.4, 0.5) is 0 Å². The topological polar surface area (TPSA) is 53.1 Å². The zero-order valence-electron chi connectivity index (χ0n) is 5.25. The standard InChI is InChI=1S/C4H5N.C2H3ClO2/c1-2-4-5-3-1;3-1-2(4)5/h1-5H;1H2,(H,4,5). The number of carbonyl (C=O) groups is 1. The molecule has 0 spiro atoms. The molecule has 1 heterocycles. The van der Waals surface area contributed by atoms with Crippen molar-refractivity contribution in [3.05, 3.63) is 24.5 Å². The van der Waals surface area contributed by atoms with Gasteiger partial charge in [0.15, 0.2) is 0 Å². The Bertz CT molecular complexity index is 145. The number of H-pyrrole nitrogens is 1. The predicted octanol–water partition coefficient (Wildman–Crippen LogP) is 1.32. The molecule has 2 N–H and O–H groups in total. The average molecular weight is 162 g/mol. The van der Waals surface area contributed by atoms with Crippen molar-refractivity contribution in [3.63, 3.8) is 0 Å². The summed E-state index contributed by atoms with van der Waals surface area (Å²) in [6.45, 7) is 0. The van der Waals surface area contributed by atoms with Crippen molar-refractivity contribution in [2.24, 2.45) is 0 Å². The average Bonchev–Trinajstić information content (AvgIpc) is 2.43. The summed E-state index contributed by atoms with van der Waals surface area (Å²) in [5.41, 5.74) is 0. The van der Waals surface area contributed by atoms with E-state index < -0.39 is 5.97 Å². The third kappa shape index (κ3) is 7.04. The number of carboxylic acid groups (broad SMARTS) is 1. The summed E-state index contributed by atoms with van der Waals surface area (Å²) in [6, 6.07) is 3.89. The molecule has 0 atom stereocenters. The van der Waals surface area contributed by atoms with Crippen LogP contribution < -0.4 is 0 Å². The molecule has 0 radical (unpaired) electrons. The van der Waals surface area contributed by atoms with Gasteiger partial charge in [-0.2, -0.15) is 0 Å². The largest absolute Gasteiger partial charge is 0.480 e. The highest BCUT2D eigenvalue weighted by Gasteiger charge is 1.83. The fourth-order valence-corrected chi connectivity index (χ4v) is 0.278. The van der Waals surface area contributed by atoms with Crippen LogP contribution in [-0.2, 0) is 4.79 Å². The lowest BCUT2D eigenvalue weighted by atomic mass is 10.7. The number of rotatable bonds is 1. The Kier molecular flexibility index (Phi) is 5.57. The van der Waals surface area contributed by atoms with Gasteiger partial charge in [0.1, 0.15) is 5.88 Å². The Balaban J connectivity index is 0.000000162. The molecule has 10 heavy (non-hydrogen) atoms. The number of hydrogen-bond acceptors (Lipinski definition) is 1. The summed E-state index contributed by atoms with van der Waals surface area (Å²) in [6.07, 6.45) is 3.75. The second-order valence-electron chi connectivity index (χ2n) is 1.41. The highest BCUT2D eigenvalue weighted by atomic mass is 35.5. The lowest BCUT2D eigenvalue weighted by molar-refractivity contribution is -0.134. The number of halogens is 1. The second-order valence-corrected chi connectivity index (χ2v) is 1.68. The summed E-state index contributed by atoms with van der Waals surface area (Å²) in [5.74, 6) is -1.29. The molecule has 56 valence electrons. The first-order valence-corrected chi connectivity index (χ1v) is 3.16. The summed E-state index contributed by atoms with van der Waals surface area (Å²) >= 11 is 4.74. The molecule has 0 saturated heterocycles. The van der Waals surface area contributed by atoms with Crippen molar-refractivity contribution in [1.29, 1.82) is 0 Å². The molecule has 0 aromatic carbocycles. The molecule has 4 heteroatoms. The van der Waals surface area contributed by atoms with E-state index >= 15 is 0 Å². The minimum Gasteiger partial charge on any atom is -0.480 e. The highest BCUT2D eigenvalue weighted by molar-refractivity contribution is 6.26. The molecular weight excluding hydrogens is 154 g/mol. The fourth-order valence-electron chi connectivity index (χ4n) is 0.278. The fraction of sp³-hybridized carbons (Fsp3) is 0.167. The summed E-state index contributed by atoms with van der Waals surface area (Å²) in [5, 5.41) is 7.59. The molecular formula is C6H8ClNO2. The molecule has 0 aliphatic rings. The maximum atomic E-state index is 9.24. The lowest BCUT2D eigenvalue weighted by Crippen LogP contribution is -1.92. The number of hydrogen-bond donors (Lipinski definition) is 2. The quantitative estimate of drug-likeness (QED) is 0.611. The van der Waals surface area contributed by atoms with Gasteiger partial charge in [-0.1, -0.05) is 0 Å². The number of nitrogens with one attached hydrogen (secondary N) is 1. The molecule has 0 saturated carbocycles. The normalized spacial score (nSPS) is 7.70. The van der Waals surface area contributed by atoms with E-state index in [0.717, 1.165) is 0 Å². The highest BCUT2D eigenvalue weighted by Crippen LogP contribution is 1.72. The molecule has 0 aliphatic carbocycles. The Labute approximate surface area is 63.6 Å². The Morgan fingerprint density at radius 3 is 2.00 bits per heavy atom. The third-order valence-electron chi connectivity index (χ3n) is 0.610. The van der Waals surface area contributed by atoms with Crippen LogP contribution in [-0.4, -0.2) is 21.9 Å². The van der Waals surface area contributed by atoms with E-state index in [1.807, 2.05) is 24.5 Å². The Hall–Kier alpha value is -0.960. The van der Waals surface area contributed by atoms with Crippen molar-refractivity contribution < 1.29 is 9.90 Å². The zero-order chi connectivity index (χ0) is 7.82. The van der Waals surface area contributed by atoms with Crippen LogP contribution in [0.15, 0.2) is 24.5 Å². The van der Waals surface area contributed by atoms with Gasteiger partial charge in [-0.25, -0.2) is 0 Å². The second kappa shape index (κ2) is 6.16. The minimum atomic E-state index is -0.980. The molecule has 0 aliphatic heterocycles. The van der Waals surface area contributed by atoms with Gasteiger partial charge in [0, 0.05) is 12.4 Å². The van der Waals surface area contributed by atoms with Crippen molar-refractivity contribution in [3.8, 4) is 0 Å². The van der Waals surface area contributed by atoms with E-state index in [-0.39, 0.29) is 5.88 Å². The van der Waals surface area contributed by atoms with Crippen molar-refractivity contribution in [2.45, 2.75) is 0 Å². The lowest BCUT2D eigenvalue weighted by Gasteiger charge is -1.69. The summed E-state index contributed by atoms with van der Waals surface area (Å²) < 4.78 is 0. The van der Waals surface area contributed by atoms with E-state index in [1.54, 1.807) is 0 Å². The third-order valence-corrected chi connectivity index (χ3v) is 0.839. The minimum absolute atomic E-state index is 0.306. The first kappa shape index (κ1) is 9.04. The molecule has 0 bridgehead atoms. The zero-order valence-corrected chi connectivity index (χ0v) is 6.01. The number of carboxylic acids is 1. The van der Waals surface area contributed by atoms with Crippen LogP contribution in [0, 0.1) is 0 Å². The summed E-state index contributed by atoms with van der Waals surface area (Å²) in [4.78, 5) is 12.1. The summed E-state index contributed by atoms with van der Waals surface area (Å²) in [7, 11) is 0. The van der Waals surface area contributed by atoms with Crippen LogP contribution in [0.2, 0.25) is 0 Å². The van der Waals surface area contributed by atoms with Crippen LogP contribution in [0.3, 0.4) is 0 Å². The molecule has 1 aromatic rings. The van der Waals surface area contributed by atoms with Crippen LogP contribution >= 0.6 is 11.6 Å². The van der Waals surface area contributed by atoms with Gasteiger partial charge in [-0.15, -0.1) is 11.6 Å². The van der Waals surface area contributed by atoms with E-state index in [0.29, 0.717) is 0 Å².